The first kappa shape index (κ1) is 31.9. The highest BCUT2D eigenvalue weighted by atomic mass is 16.6. The molecule has 1 saturated heterocycles. The van der Waals surface area contributed by atoms with E-state index in [0.717, 1.165) is 22.3 Å². The zero-order valence-corrected chi connectivity index (χ0v) is 26.3. The molecule has 6 rings (SSSR count). The molecule has 0 spiro atoms. The maximum absolute atomic E-state index is 6.87. The fourth-order valence-electron chi connectivity index (χ4n) is 5.92. The Labute approximate surface area is 272 Å². The van der Waals surface area contributed by atoms with Gasteiger partial charge in [0.05, 0.1) is 33.0 Å². The largest absolute Gasteiger partial charge is 0.374 e. The van der Waals surface area contributed by atoms with Crippen LogP contribution in [0.4, 0.5) is 0 Å². The Bertz CT molecular complexity index is 1640. The smallest absolute Gasteiger partial charge is 0.116 e. The van der Waals surface area contributed by atoms with Crippen LogP contribution >= 0.6 is 0 Å². The number of hydrogen-bond donors (Lipinski definition) is 0. The van der Waals surface area contributed by atoms with Crippen LogP contribution in [0.5, 0.6) is 0 Å². The number of allylic oxidation sites excluding steroid dienone is 1. The van der Waals surface area contributed by atoms with Gasteiger partial charge in [0, 0.05) is 0 Å². The van der Waals surface area contributed by atoms with Crippen LogP contribution in [-0.2, 0) is 50.1 Å². The minimum Gasteiger partial charge on any atom is -0.374 e. The molecule has 1 aliphatic heterocycles. The standard InChI is InChI=1S/C41H42O5/c1-2-14-37-39(43-27-32-17-8-4-9-18-32)41(45-29-34-23-24-35-21-12-13-22-36(35)25-34)40(44-28-33-19-10-5-11-20-33)38(46-37)30-42-26-31-15-6-3-7-16-31/h2-25,37-41H,26-30H2,1H3/b14-2+/t37-,38?,39?,40-,41?/m1/s1. The minimum atomic E-state index is -0.446. The number of benzene rings is 5. The second-order valence-electron chi connectivity index (χ2n) is 11.6. The van der Waals surface area contributed by atoms with Crippen LogP contribution in [0.15, 0.2) is 146 Å². The average molecular weight is 615 g/mol. The molecule has 0 bridgehead atoms. The van der Waals surface area contributed by atoms with E-state index < -0.39 is 18.3 Å². The van der Waals surface area contributed by atoms with Gasteiger partial charge >= 0.3 is 0 Å². The van der Waals surface area contributed by atoms with E-state index in [2.05, 4.69) is 84.9 Å². The monoisotopic (exact) mass is 614 g/mol. The predicted octanol–water partition coefficient (Wildman–Crippen LogP) is 8.46. The highest BCUT2D eigenvalue weighted by molar-refractivity contribution is 5.82. The third-order valence-electron chi connectivity index (χ3n) is 8.27. The lowest BCUT2D eigenvalue weighted by Gasteiger charge is -2.45. The molecule has 46 heavy (non-hydrogen) atoms. The molecule has 1 aliphatic rings. The van der Waals surface area contributed by atoms with Crippen molar-refractivity contribution in [3.05, 3.63) is 168 Å². The van der Waals surface area contributed by atoms with Gasteiger partial charge in [-0.2, -0.15) is 0 Å². The van der Waals surface area contributed by atoms with Gasteiger partial charge in [0.1, 0.15) is 30.5 Å². The molecule has 0 saturated carbocycles. The van der Waals surface area contributed by atoms with Crippen LogP contribution in [0.25, 0.3) is 10.8 Å². The summed E-state index contributed by atoms with van der Waals surface area (Å²) >= 11 is 0. The van der Waals surface area contributed by atoms with Gasteiger partial charge in [-0.25, -0.2) is 0 Å². The number of ether oxygens (including phenoxy) is 5. The molecule has 0 aromatic heterocycles. The summed E-state index contributed by atoms with van der Waals surface area (Å²) < 4.78 is 33.3. The van der Waals surface area contributed by atoms with Crippen molar-refractivity contribution in [2.45, 2.75) is 63.9 Å². The Morgan fingerprint density at radius 2 is 1.04 bits per heavy atom. The van der Waals surface area contributed by atoms with Gasteiger partial charge in [0.15, 0.2) is 0 Å². The van der Waals surface area contributed by atoms with Crippen molar-refractivity contribution in [1.29, 1.82) is 0 Å². The van der Waals surface area contributed by atoms with Gasteiger partial charge in [-0.1, -0.05) is 140 Å². The van der Waals surface area contributed by atoms with Crippen molar-refractivity contribution >= 4 is 10.8 Å². The summed E-state index contributed by atoms with van der Waals surface area (Å²) in [5.41, 5.74) is 4.37. The Morgan fingerprint density at radius 1 is 0.522 bits per heavy atom. The summed E-state index contributed by atoms with van der Waals surface area (Å²) in [5.74, 6) is 0. The summed E-state index contributed by atoms with van der Waals surface area (Å²) in [7, 11) is 0. The van der Waals surface area contributed by atoms with Gasteiger partial charge in [0.2, 0.25) is 0 Å². The quantitative estimate of drug-likeness (QED) is 0.118. The fourth-order valence-corrected chi connectivity index (χ4v) is 5.92. The fraction of sp³-hybridized carbons (Fsp3) is 0.268. The molecule has 0 aliphatic carbocycles. The topological polar surface area (TPSA) is 46.2 Å². The van der Waals surface area contributed by atoms with E-state index in [-0.39, 0.29) is 12.2 Å². The van der Waals surface area contributed by atoms with E-state index >= 15 is 0 Å². The summed E-state index contributed by atoms with van der Waals surface area (Å²) in [6.07, 6.45) is 2.04. The van der Waals surface area contributed by atoms with Crippen LogP contribution in [0.3, 0.4) is 0 Å². The second-order valence-corrected chi connectivity index (χ2v) is 11.6. The summed E-state index contributed by atoms with van der Waals surface area (Å²) in [6.45, 7) is 4.09. The molecule has 0 N–H and O–H groups in total. The molecule has 3 unspecified atom stereocenters. The molecule has 0 radical (unpaired) electrons. The first-order valence-electron chi connectivity index (χ1n) is 16.1. The van der Waals surface area contributed by atoms with Crippen molar-refractivity contribution in [3.63, 3.8) is 0 Å². The van der Waals surface area contributed by atoms with E-state index in [0.29, 0.717) is 33.0 Å². The van der Waals surface area contributed by atoms with Gasteiger partial charge < -0.3 is 23.7 Å². The van der Waals surface area contributed by atoms with Crippen molar-refractivity contribution in [3.8, 4) is 0 Å². The molecular weight excluding hydrogens is 572 g/mol. The molecule has 1 fully saturated rings. The van der Waals surface area contributed by atoms with Gasteiger partial charge in [0.25, 0.3) is 0 Å². The van der Waals surface area contributed by atoms with E-state index in [4.69, 9.17) is 23.7 Å². The van der Waals surface area contributed by atoms with Gasteiger partial charge in [-0.15, -0.1) is 0 Å². The summed E-state index contributed by atoms with van der Waals surface area (Å²) in [4.78, 5) is 0. The highest BCUT2D eigenvalue weighted by Gasteiger charge is 2.47. The maximum Gasteiger partial charge on any atom is 0.116 e. The minimum absolute atomic E-state index is 0.350. The molecule has 5 aromatic rings. The molecular formula is C41H42O5. The summed E-state index contributed by atoms with van der Waals surface area (Å²) in [5, 5.41) is 2.39. The van der Waals surface area contributed by atoms with Crippen LogP contribution in [-0.4, -0.2) is 37.1 Å². The first-order chi connectivity index (χ1) is 22.8. The van der Waals surface area contributed by atoms with Gasteiger partial charge in [-0.05, 0) is 46.0 Å². The Hall–Kier alpha value is -4.10. The molecule has 0 amide bonds. The molecule has 5 atom stereocenters. The third kappa shape index (κ3) is 8.58. The van der Waals surface area contributed by atoms with Crippen LogP contribution in [0, 0.1) is 0 Å². The molecule has 1 heterocycles. The molecule has 5 heteroatoms. The van der Waals surface area contributed by atoms with Crippen LogP contribution in [0.1, 0.15) is 29.2 Å². The predicted molar refractivity (Wildman–Crippen MR) is 182 cm³/mol. The number of fused-ring (bicyclic) bond motifs is 1. The van der Waals surface area contributed by atoms with E-state index in [1.165, 1.54) is 10.8 Å². The van der Waals surface area contributed by atoms with E-state index in [1.54, 1.807) is 0 Å². The number of hydrogen-bond acceptors (Lipinski definition) is 5. The molecule has 5 nitrogen and oxygen atoms in total. The van der Waals surface area contributed by atoms with Crippen LogP contribution < -0.4 is 0 Å². The zero-order chi connectivity index (χ0) is 31.4. The van der Waals surface area contributed by atoms with E-state index in [9.17, 15) is 0 Å². The van der Waals surface area contributed by atoms with Crippen molar-refractivity contribution in [2.24, 2.45) is 0 Å². The zero-order valence-electron chi connectivity index (χ0n) is 26.3. The maximum atomic E-state index is 6.87. The first-order valence-corrected chi connectivity index (χ1v) is 16.1. The van der Waals surface area contributed by atoms with Crippen molar-refractivity contribution in [2.75, 3.05) is 6.61 Å². The lowest BCUT2D eigenvalue weighted by atomic mass is 9.93. The highest BCUT2D eigenvalue weighted by Crippen LogP contribution is 2.32. The average Bonchev–Trinajstić information content (AvgIpc) is 3.11. The van der Waals surface area contributed by atoms with E-state index in [1.807, 2.05) is 67.6 Å². The lowest BCUT2D eigenvalue weighted by molar-refractivity contribution is -0.263. The van der Waals surface area contributed by atoms with Gasteiger partial charge in [-0.3, -0.25) is 0 Å². The third-order valence-corrected chi connectivity index (χ3v) is 8.27. The van der Waals surface area contributed by atoms with Crippen molar-refractivity contribution < 1.29 is 23.7 Å². The molecule has 5 aromatic carbocycles. The normalized spacial score (nSPS) is 21.5. The second kappa shape index (κ2) is 16.5. The SMILES string of the molecule is C/C=C/[C@H]1OC(COCc2ccccc2)[C@@H](OCc2ccccc2)C(OCc2ccc3ccccc3c2)C1OCc1ccccc1. The summed E-state index contributed by atoms with van der Waals surface area (Å²) in [6, 6.07) is 45.5. The Balaban J connectivity index is 1.29. The lowest BCUT2D eigenvalue weighted by Crippen LogP contribution is -2.60. The Kier molecular flexibility index (Phi) is 11.4. The van der Waals surface area contributed by atoms with Crippen molar-refractivity contribution in [1.82, 2.24) is 0 Å². The Morgan fingerprint density at radius 3 is 1.67 bits per heavy atom. The molecule has 236 valence electrons. The number of rotatable bonds is 14. The van der Waals surface area contributed by atoms with Crippen LogP contribution in [0.2, 0.25) is 0 Å².